The molecule has 0 fully saturated rings. The molecule has 3 aromatic rings. The first kappa shape index (κ1) is 10.7. The molecular formula is C12H10N4O2. The molecule has 90 valence electrons. The van der Waals surface area contributed by atoms with Crippen molar-refractivity contribution >= 4 is 33.2 Å². The molecule has 0 saturated heterocycles. The van der Waals surface area contributed by atoms with Gasteiger partial charge in [0.15, 0.2) is 0 Å². The van der Waals surface area contributed by atoms with Gasteiger partial charge in [-0.2, -0.15) is 0 Å². The summed E-state index contributed by atoms with van der Waals surface area (Å²) in [6.07, 6.45) is 3.31. The van der Waals surface area contributed by atoms with E-state index >= 15 is 0 Å². The Morgan fingerprint density at radius 3 is 1.61 bits per heavy atom. The molecule has 0 bridgehead atoms. The fraction of sp³-hybridized carbons (Fsp3) is 0. The number of rotatable bonds is 2. The summed E-state index contributed by atoms with van der Waals surface area (Å²) in [7, 11) is 0. The number of hydrogen-bond acceptors (Lipinski definition) is 6. The van der Waals surface area contributed by atoms with E-state index in [1.807, 2.05) is 0 Å². The molecule has 0 aliphatic heterocycles. The Kier molecular flexibility index (Phi) is 2.44. The zero-order chi connectivity index (χ0) is 12.5. The van der Waals surface area contributed by atoms with Crippen LogP contribution in [0.2, 0.25) is 0 Å². The van der Waals surface area contributed by atoms with Crippen LogP contribution in [0.3, 0.4) is 0 Å². The van der Waals surface area contributed by atoms with Gasteiger partial charge in [0.1, 0.15) is 0 Å². The van der Waals surface area contributed by atoms with E-state index in [4.69, 9.17) is 0 Å². The van der Waals surface area contributed by atoms with Crippen molar-refractivity contribution in [1.82, 2.24) is 9.97 Å². The maximum Gasteiger partial charge on any atom is 0.0987 e. The first-order chi connectivity index (χ1) is 8.86. The van der Waals surface area contributed by atoms with E-state index in [1.165, 1.54) is 0 Å². The highest BCUT2D eigenvalue weighted by molar-refractivity contribution is 6.16. The van der Waals surface area contributed by atoms with Crippen molar-refractivity contribution < 1.29 is 10.4 Å². The molecule has 4 N–H and O–H groups in total. The van der Waals surface area contributed by atoms with Gasteiger partial charge in [-0.3, -0.25) is 31.3 Å². The van der Waals surface area contributed by atoms with Crippen LogP contribution >= 0.6 is 0 Å². The molecule has 2 heterocycles. The molecular weight excluding hydrogens is 232 g/mol. The monoisotopic (exact) mass is 242 g/mol. The molecule has 18 heavy (non-hydrogen) atoms. The summed E-state index contributed by atoms with van der Waals surface area (Å²) in [5.74, 6) is 0. The Labute approximate surface area is 102 Å². The molecule has 2 aromatic heterocycles. The minimum atomic E-state index is 0.362. The van der Waals surface area contributed by atoms with Crippen LogP contribution in [0.25, 0.3) is 21.8 Å². The molecule has 0 amide bonds. The topological polar surface area (TPSA) is 90.3 Å². The molecule has 6 nitrogen and oxygen atoms in total. The third-order valence-corrected chi connectivity index (χ3v) is 2.85. The number of nitrogens with one attached hydrogen (secondary N) is 2. The van der Waals surface area contributed by atoms with Crippen molar-refractivity contribution in [1.29, 1.82) is 0 Å². The first-order valence-corrected chi connectivity index (χ1v) is 5.32. The van der Waals surface area contributed by atoms with Crippen molar-refractivity contribution in [3.63, 3.8) is 0 Å². The van der Waals surface area contributed by atoms with Gasteiger partial charge in [0.25, 0.3) is 0 Å². The number of pyridine rings is 2. The maximum atomic E-state index is 9.26. The number of hydrogen-bond donors (Lipinski definition) is 4. The van der Waals surface area contributed by atoms with Gasteiger partial charge in [-0.15, -0.1) is 0 Å². The van der Waals surface area contributed by atoms with Gasteiger partial charge in [0, 0.05) is 23.2 Å². The van der Waals surface area contributed by atoms with E-state index in [0.717, 1.165) is 0 Å². The number of benzene rings is 1. The van der Waals surface area contributed by atoms with Gasteiger partial charge in [0.05, 0.1) is 22.4 Å². The smallest absolute Gasteiger partial charge is 0.0987 e. The second-order valence-electron chi connectivity index (χ2n) is 3.77. The van der Waals surface area contributed by atoms with Crippen LogP contribution in [0.1, 0.15) is 0 Å². The summed E-state index contributed by atoms with van der Waals surface area (Å²) < 4.78 is 0. The van der Waals surface area contributed by atoms with Crippen LogP contribution in [0.15, 0.2) is 36.7 Å². The Bertz CT molecular complexity index is 667. The van der Waals surface area contributed by atoms with E-state index in [2.05, 4.69) is 20.9 Å². The van der Waals surface area contributed by atoms with Crippen LogP contribution in [0.5, 0.6) is 0 Å². The zero-order valence-corrected chi connectivity index (χ0v) is 9.25. The number of anilines is 2. The summed E-state index contributed by atoms with van der Waals surface area (Å²) in [6, 6.07) is 7.07. The summed E-state index contributed by atoms with van der Waals surface area (Å²) in [4.78, 5) is 8.54. The Balaban J connectivity index is 2.61. The highest BCUT2D eigenvalue weighted by Gasteiger charge is 2.14. The SMILES string of the molecule is ONc1c(NO)c2cccnc2c2ncccc12. The summed E-state index contributed by atoms with van der Waals surface area (Å²) in [5.41, 5.74) is 6.22. The van der Waals surface area contributed by atoms with Crippen molar-refractivity contribution in [2.75, 3.05) is 11.0 Å². The van der Waals surface area contributed by atoms with E-state index in [0.29, 0.717) is 33.2 Å². The standard InChI is InChI=1S/C12H10N4O2/c17-15-11-7-3-1-5-13-9(7)10-8(12(11)16-18)4-2-6-14-10/h1-6,15-18H. The van der Waals surface area contributed by atoms with Crippen LogP contribution in [0, 0.1) is 0 Å². The summed E-state index contributed by atoms with van der Waals surface area (Å²) in [5, 5.41) is 19.9. The first-order valence-electron chi connectivity index (χ1n) is 5.32. The molecule has 6 heteroatoms. The van der Waals surface area contributed by atoms with Crippen LogP contribution < -0.4 is 11.0 Å². The zero-order valence-electron chi connectivity index (χ0n) is 9.25. The van der Waals surface area contributed by atoms with E-state index < -0.39 is 0 Å². The molecule has 0 atom stereocenters. The highest BCUT2D eigenvalue weighted by atomic mass is 16.5. The van der Waals surface area contributed by atoms with Gasteiger partial charge in [-0.1, -0.05) is 0 Å². The van der Waals surface area contributed by atoms with Crippen molar-refractivity contribution in [2.45, 2.75) is 0 Å². The number of nitrogens with zero attached hydrogens (tertiary/aromatic N) is 2. The average molecular weight is 242 g/mol. The lowest BCUT2D eigenvalue weighted by Gasteiger charge is -2.13. The fourth-order valence-electron chi connectivity index (χ4n) is 2.09. The number of aromatic nitrogens is 2. The predicted octanol–water partition coefficient (Wildman–Crippen LogP) is 2.39. The van der Waals surface area contributed by atoms with Gasteiger partial charge in [0.2, 0.25) is 0 Å². The predicted molar refractivity (Wildman–Crippen MR) is 67.9 cm³/mol. The lowest BCUT2D eigenvalue weighted by molar-refractivity contribution is 0.379. The third kappa shape index (κ3) is 1.37. The lowest BCUT2D eigenvalue weighted by Crippen LogP contribution is -2.01. The maximum absolute atomic E-state index is 9.26. The molecule has 3 rings (SSSR count). The average Bonchev–Trinajstić information content (AvgIpc) is 2.45. The van der Waals surface area contributed by atoms with Gasteiger partial charge in [-0.05, 0) is 24.3 Å². The van der Waals surface area contributed by atoms with Crippen LogP contribution in [-0.2, 0) is 0 Å². The third-order valence-electron chi connectivity index (χ3n) is 2.85. The van der Waals surface area contributed by atoms with Crippen LogP contribution in [0.4, 0.5) is 11.4 Å². The second kappa shape index (κ2) is 4.10. The summed E-state index contributed by atoms with van der Waals surface area (Å²) >= 11 is 0. The van der Waals surface area contributed by atoms with Gasteiger partial charge in [-0.25, -0.2) is 0 Å². The number of fused-ring (bicyclic) bond motifs is 3. The molecule has 0 unspecified atom stereocenters. The molecule has 0 saturated carbocycles. The normalized spacial score (nSPS) is 10.8. The second-order valence-corrected chi connectivity index (χ2v) is 3.77. The van der Waals surface area contributed by atoms with E-state index in [9.17, 15) is 10.4 Å². The highest BCUT2D eigenvalue weighted by Crippen LogP contribution is 2.37. The molecule has 0 radical (unpaired) electrons. The molecule has 0 aliphatic rings. The van der Waals surface area contributed by atoms with Crippen molar-refractivity contribution in [3.8, 4) is 0 Å². The van der Waals surface area contributed by atoms with E-state index in [1.54, 1.807) is 36.7 Å². The van der Waals surface area contributed by atoms with Crippen molar-refractivity contribution in [2.24, 2.45) is 0 Å². The summed E-state index contributed by atoms with van der Waals surface area (Å²) in [6.45, 7) is 0. The Morgan fingerprint density at radius 2 is 1.22 bits per heavy atom. The Morgan fingerprint density at radius 1 is 0.778 bits per heavy atom. The lowest BCUT2D eigenvalue weighted by atomic mass is 10.1. The molecule has 1 aromatic carbocycles. The van der Waals surface area contributed by atoms with Crippen LogP contribution in [-0.4, -0.2) is 20.4 Å². The minimum Gasteiger partial charge on any atom is -0.291 e. The minimum absolute atomic E-state index is 0.362. The fourth-order valence-corrected chi connectivity index (χ4v) is 2.09. The quantitative estimate of drug-likeness (QED) is 0.313. The van der Waals surface area contributed by atoms with Crippen molar-refractivity contribution in [3.05, 3.63) is 36.7 Å². The van der Waals surface area contributed by atoms with Gasteiger partial charge >= 0.3 is 0 Å². The molecule has 0 aliphatic carbocycles. The Hall–Kier alpha value is -2.44. The van der Waals surface area contributed by atoms with Gasteiger partial charge < -0.3 is 0 Å². The largest absolute Gasteiger partial charge is 0.291 e. The molecule has 0 spiro atoms. The van der Waals surface area contributed by atoms with E-state index in [-0.39, 0.29) is 0 Å².